The summed E-state index contributed by atoms with van der Waals surface area (Å²) in [5, 5.41) is 3.65. The van der Waals surface area contributed by atoms with Gasteiger partial charge >= 0.3 is 6.03 Å². The minimum atomic E-state index is -0.156. The molecular weight excluding hydrogens is 296 g/mol. The summed E-state index contributed by atoms with van der Waals surface area (Å²) in [5.74, 6) is 0. The van der Waals surface area contributed by atoms with Crippen molar-refractivity contribution in [3.05, 3.63) is 28.2 Å². The Morgan fingerprint density at radius 1 is 1.39 bits per heavy atom. The topological polar surface area (TPSA) is 58.4 Å². The van der Waals surface area contributed by atoms with Crippen molar-refractivity contribution in [2.24, 2.45) is 5.73 Å². The third kappa shape index (κ3) is 3.65. The highest BCUT2D eigenvalue weighted by Crippen LogP contribution is 2.25. The van der Waals surface area contributed by atoms with Crippen molar-refractivity contribution in [2.45, 2.75) is 12.5 Å². The van der Waals surface area contributed by atoms with Crippen LogP contribution in [-0.4, -0.2) is 30.1 Å². The Hall–Kier alpha value is -0.680. The first-order chi connectivity index (χ1) is 8.06. The predicted octanol–water partition coefficient (Wildman–Crippen LogP) is 2.98. The highest BCUT2D eigenvalue weighted by atomic mass is 35.5. The highest BCUT2D eigenvalue weighted by molar-refractivity contribution is 6.42. The van der Waals surface area contributed by atoms with Crippen LogP contribution in [0.5, 0.6) is 0 Å². The summed E-state index contributed by atoms with van der Waals surface area (Å²) in [5.41, 5.74) is 6.37. The molecule has 18 heavy (non-hydrogen) atoms. The summed E-state index contributed by atoms with van der Waals surface area (Å²) in [6.45, 7) is 1.28. The van der Waals surface area contributed by atoms with Crippen molar-refractivity contribution in [3.8, 4) is 0 Å². The molecule has 2 amide bonds. The molecule has 1 aromatic rings. The van der Waals surface area contributed by atoms with Crippen LogP contribution in [-0.2, 0) is 0 Å². The SMILES string of the molecule is Cl.NC1CCN(C(=O)Nc2ccc(Cl)c(Cl)c2)C1. The van der Waals surface area contributed by atoms with Gasteiger partial charge in [-0.15, -0.1) is 12.4 Å². The van der Waals surface area contributed by atoms with E-state index in [-0.39, 0.29) is 24.5 Å². The van der Waals surface area contributed by atoms with Gasteiger partial charge in [0, 0.05) is 24.8 Å². The molecule has 1 aliphatic heterocycles. The van der Waals surface area contributed by atoms with E-state index in [9.17, 15) is 4.79 Å². The van der Waals surface area contributed by atoms with E-state index >= 15 is 0 Å². The molecule has 1 unspecified atom stereocenters. The number of hydrogen-bond acceptors (Lipinski definition) is 2. The number of benzene rings is 1. The molecular formula is C11H14Cl3N3O. The van der Waals surface area contributed by atoms with Crippen LogP contribution in [0.3, 0.4) is 0 Å². The zero-order valence-electron chi connectivity index (χ0n) is 9.53. The molecule has 0 aromatic heterocycles. The first kappa shape index (κ1) is 15.4. The number of nitrogens with two attached hydrogens (primary N) is 1. The molecule has 0 spiro atoms. The maximum Gasteiger partial charge on any atom is 0.321 e. The van der Waals surface area contributed by atoms with E-state index in [4.69, 9.17) is 28.9 Å². The molecule has 2 rings (SSSR count). The lowest BCUT2D eigenvalue weighted by Gasteiger charge is -2.16. The van der Waals surface area contributed by atoms with E-state index in [1.54, 1.807) is 23.1 Å². The molecule has 100 valence electrons. The maximum absolute atomic E-state index is 11.8. The second kappa shape index (κ2) is 6.48. The molecule has 0 bridgehead atoms. The molecule has 1 aliphatic rings. The smallest absolute Gasteiger partial charge is 0.321 e. The Balaban J connectivity index is 0.00000162. The lowest BCUT2D eigenvalue weighted by Crippen LogP contribution is -2.35. The molecule has 7 heteroatoms. The van der Waals surface area contributed by atoms with Crippen LogP contribution in [0.2, 0.25) is 10.0 Å². The van der Waals surface area contributed by atoms with Gasteiger partial charge in [-0.25, -0.2) is 4.79 Å². The van der Waals surface area contributed by atoms with Crippen LogP contribution in [0.25, 0.3) is 0 Å². The third-order valence-electron chi connectivity index (χ3n) is 2.68. The van der Waals surface area contributed by atoms with Gasteiger partial charge in [0.15, 0.2) is 0 Å². The van der Waals surface area contributed by atoms with Crippen molar-refractivity contribution in [1.29, 1.82) is 0 Å². The highest BCUT2D eigenvalue weighted by Gasteiger charge is 2.23. The van der Waals surface area contributed by atoms with Crippen molar-refractivity contribution in [1.82, 2.24) is 4.90 Å². The van der Waals surface area contributed by atoms with E-state index in [0.29, 0.717) is 28.8 Å². The number of urea groups is 1. The van der Waals surface area contributed by atoms with Gasteiger partial charge in [-0.05, 0) is 24.6 Å². The van der Waals surface area contributed by atoms with Crippen molar-refractivity contribution >= 4 is 47.3 Å². The predicted molar refractivity (Wildman–Crippen MR) is 76.9 cm³/mol. The quantitative estimate of drug-likeness (QED) is 0.838. The van der Waals surface area contributed by atoms with Crippen molar-refractivity contribution < 1.29 is 4.79 Å². The minimum Gasteiger partial charge on any atom is -0.326 e. The summed E-state index contributed by atoms with van der Waals surface area (Å²) in [4.78, 5) is 13.5. The molecule has 0 aliphatic carbocycles. The van der Waals surface area contributed by atoms with Crippen LogP contribution < -0.4 is 11.1 Å². The number of anilines is 1. The monoisotopic (exact) mass is 309 g/mol. The van der Waals surface area contributed by atoms with Gasteiger partial charge in [0.1, 0.15) is 0 Å². The van der Waals surface area contributed by atoms with E-state index < -0.39 is 0 Å². The van der Waals surface area contributed by atoms with Gasteiger partial charge < -0.3 is 16.0 Å². The van der Waals surface area contributed by atoms with Gasteiger partial charge in [-0.1, -0.05) is 23.2 Å². The van der Waals surface area contributed by atoms with Gasteiger partial charge in [0.2, 0.25) is 0 Å². The van der Waals surface area contributed by atoms with Gasteiger partial charge in [0.25, 0.3) is 0 Å². The van der Waals surface area contributed by atoms with Crippen molar-refractivity contribution in [3.63, 3.8) is 0 Å². The summed E-state index contributed by atoms with van der Waals surface area (Å²) in [7, 11) is 0. The second-order valence-electron chi connectivity index (χ2n) is 4.05. The molecule has 0 radical (unpaired) electrons. The molecule has 1 atom stereocenters. The summed E-state index contributed by atoms with van der Waals surface area (Å²) in [6.07, 6.45) is 0.842. The van der Waals surface area contributed by atoms with Crippen molar-refractivity contribution in [2.75, 3.05) is 18.4 Å². The number of rotatable bonds is 1. The Labute approximate surface area is 122 Å². The normalized spacial score (nSPS) is 18.4. The van der Waals surface area contributed by atoms with Crippen LogP contribution in [0.15, 0.2) is 18.2 Å². The molecule has 1 aromatic carbocycles. The zero-order chi connectivity index (χ0) is 12.4. The van der Waals surface area contributed by atoms with Crippen LogP contribution >= 0.6 is 35.6 Å². The Morgan fingerprint density at radius 2 is 2.11 bits per heavy atom. The minimum absolute atomic E-state index is 0. The van der Waals surface area contributed by atoms with Gasteiger partial charge in [0.05, 0.1) is 10.0 Å². The average molecular weight is 311 g/mol. The Kier molecular flexibility index (Phi) is 5.53. The van der Waals surface area contributed by atoms with Gasteiger partial charge in [-0.3, -0.25) is 0 Å². The average Bonchev–Trinajstić information content (AvgIpc) is 2.70. The number of carbonyl (C=O) groups is 1. The fourth-order valence-corrected chi connectivity index (χ4v) is 2.05. The van der Waals surface area contributed by atoms with E-state index in [0.717, 1.165) is 6.42 Å². The van der Waals surface area contributed by atoms with Crippen LogP contribution in [0.4, 0.5) is 10.5 Å². The molecule has 1 saturated heterocycles. The summed E-state index contributed by atoms with van der Waals surface area (Å²) in [6, 6.07) is 4.90. The van der Waals surface area contributed by atoms with E-state index in [1.807, 2.05) is 0 Å². The number of hydrogen-bond donors (Lipinski definition) is 2. The molecule has 0 saturated carbocycles. The number of halogens is 3. The van der Waals surface area contributed by atoms with E-state index in [2.05, 4.69) is 5.32 Å². The number of nitrogens with one attached hydrogen (secondary N) is 1. The summed E-state index contributed by atoms with van der Waals surface area (Å²) >= 11 is 11.7. The molecule has 1 heterocycles. The number of nitrogens with zero attached hydrogens (tertiary/aromatic N) is 1. The number of amides is 2. The maximum atomic E-state index is 11.8. The standard InChI is InChI=1S/C11H13Cl2N3O.ClH/c12-9-2-1-8(5-10(9)13)15-11(17)16-4-3-7(14)6-16;/h1-2,5,7H,3-4,6,14H2,(H,15,17);1H. The first-order valence-electron chi connectivity index (χ1n) is 5.33. The largest absolute Gasteiger partial charge is 0.326 e. The zero-order valence-corrected chi connectivity index (χ0v) is 11.9. The fraction of sp³-hybridized carbons (Fsp3) is 0.364. The van der Waals surface area contributed by atoms with Crippen LogP contribution in [0, 0.1) is 0 Å². The summed E-state index contributed by atoms with van der Waals surface area (Å²) < 4.78 is 0. The molecule has 4 nitrogen and oxygen atoms in total. The molecule has 3 N–H and O–H groups in total. The molecule has 1 fully saturated rings. The third-order valence-corrected chi connectivity index (χ3v) is 3.42. The van der Waals surface area contributed by atoms with Gasteiger partial charge in [-0.2, -0.15) is 0 Å². The number of carbonyl (C=O) groups excluding carboxylic acids is 1. The van der Waals surface area contributed by atoms with Crippen LogP contribution in [0.1, 0.15) is 6.42 Å². The lowest BCUT2D eigenvalue weighted by atomic mass is 10.3. The second-order valence-corrected chi connectivity index (χ2v) is 4.87. The Bertz CT molecular complexity index is 442. The fourth-order valence-electron chi connectivity index (χ4n) is 1.75. The lowest BCUT2D eigenvalue weighted by molar-refractivity contribution is 0.222. The Morgan fingerprint density at radius 3 is 2.67 bits per heavy atom. The first-order valence-corrected chi connectivity index (χ1v) is 6.08. The van der Waals surface area contributed by atoms with E-state index in [1.165, 1.54) is 0 Å². The number of likely N-dealkylation sites (tertiary alicyclic amines) is 1.